The van der Waals surface area contributed by atoms with Gasteiger partial charge >= 0.3 is 5.97 Å². The molecule has 10 nitrogen and oxygen atoms in total. The Morgan fingerprint density at radius 2 is 1.48 bits per heavy atom. The first-order valence-corrected chi connectivity index (χ1v) is 14.8. The largest absolute Gasteiger partial charge is 0.480 e. The summed E-state index contributed by atoms with van der Waals surface area (Å²) in [5.74, 6) is -2.60. The second-order valence-corrected chi connectivity index (χ2v) is 11.2. The number of hydrogen-bond donors (Lipinski definition) is 5. The van der Waals surface area contributed by atoms with E-state index in [0.717, 1.165) is 27.6 Å². The number of nitrogens with one attached hydrogen (secondary N) is 3. The fourth-order valence-corrected chi connectivity index (χ4v) is 5.79. The van der Waals surface area contributed by atoms with Gasteiger partial charge in [0.25, 0.3) is 0 Å². The minimum absolute atomic E-state index is 0.0568. The van der Waals surface area contributed by atoms with Crippen LogP contribution >= 0.6 is 0 Å². The van der Waals surface area contributed by atoms with Crippen LogP contribution in [0.3, 0.4) is 0 Å². The summed E-state index contributed by atoms with van der Waals surface area (Å²) in [6, 6.07) is 22.3. The third kappa shape index (κ3) is 7.33. The van der Waals surface area contributed by atoms with Gasteiger partial charge in [0.1, 0.15) is 18.1 Å². The molecule has 10 heteroatoms. The molecular formula is C34H37N5O5. The number of para-hydroxylation sites is 1. The molecule has 0 aliphatic carbocycles. The summed E-state index contributed by atoms with van der Waals surface area (Å²) >= 11 is 0. The van der Waals surface area contributed by atoms with Crippen LogP contribution in [0.2, 0.25) is 0 Å². The van der Waals surface area contributed by atoms with E-state index in [1.165, 1.54) is 4.90 Å². The molecule has 1 saturated heterocycles. The molecule has 4 atom stereocenters. The van der Waals surface area contributed by atoms with E-state index in [0.29, 0.717) is 25.8 Å². The van der Waals surface area contributed by atoms with Crippen LogP contribution in [0.1, 0.15) is 29.5 Å². The van der Waals surface area contributed by atoms with Gasteiger partial charge in [-0.2, -0.15) is 0 Å². The highest BCUT2D eigenvalue weighted by Gasteiger charge is 2.38. The normalized spacial score (nSPS) is 16.7. The average Bonchev–Trinajstić information content (AvgIpc) is 3.69. The van der Waals surface area contributed by atoms with Gasteiger partial charge in [-0.25, -0.2) is 4.79 Å². The van der Waals surface area contributed by atoms with Crippen LogP contribution in [0.4, 0.5) is 0 Å². The van der Waals surface area contributed by atoms with Crippen LogP contribution in [0.5, 0.6) is 0 Å². The predicted molar refractivity (Wildman–Crippen MR) is 167 cm³/mol. The molecule has 3 amide bonds. The van der Waals surface area contributed by atoms with E-state index < -0.39 is 42.0 Å². The van der Waals surface area contributed by atoms with Gasteiger partial charge in [-0.1, -0.05) is 78.9 Å². The first-order chi connectivity index (χ1) is 21.3. The number of aromatic amines is 1. The number of hydrogen-bond acceptors (Lipinski definition) is 5. The van der Waals surface area contributed by atoms with Crippen molar-refractivity contribution in [1.29, 1.82) is 0 Å². The number of carbonyl (C=O) groups is 4. The molecule has 1 aliphatic heterocycles. The molecular weight excluding hydrogens is 558 g/mol. The standard InChI is InChI=1S/C34H37N5O5/c35-26(18-22-10-3-1-4-11-22)33(42)39-17-9-16-30(39)32(41)37-28(19-23-12-5-2-6-13-23)31(40)38-29(34(43)44)20-24-21-36-27-15-8-7-14-25(24)27/h1-8,10-15,21,26,28-30,36H,9,16-20,35H2,(H,37,41)(H,38,40)(H,43,44)/t26-,28-,29+,30+/m0/s1. The van der Waals surface area contributed by atoms with Crippen LogP contribution in [-0.2, 0) is 38.4 Å². The van der Waals surface area contributed by atoms with Crippen molar-refractivity contribution in [3.8, 4) is 0 Å². The fraction of sp³-hybridized carbons (Fsp3) is 0.294. The Kier molecular flexibility index (Phi) is 9.71. The lowest BCUT2D eigenvalue weighted by atomic mass is 10.0. The van der Waals surface area contributed by atoms with Crippen LogP contribution in [-0.4, -0.2) is 69.4 Å². The van der Waals surface area contributed by atoms with Crippen molar-refractivity contribution in [2.24, 2.45) is 5.73 Å². The summed E-state index contributed by atoms with van der Waals surface area (Å²) in [7, 11) is 0. The molecule has 0 bridgehead atoms. The van der Waals surface area contributed by atoms with Crippen molar-refractivity contribution in [3.05, 3.63) is 108 Å². The zero-order chi connectivity index (χ0) is 31.1. The third-order valence-electron chi connectivity index (χ3n) is 8.08. The SMILES string of the molecule is N[C@@H](Cc1ccccc1)C(=O)N1CCC[C@@H]1C(=O)N[C@@H](Cc1ccccc1)C(=O)N[C@H](Cc1c[nH]c2ccccc12)C(=O)O. The van der Waals surface area contributed by atoms with Crippen LogP contribution in [0, 0.1) is 0 Å². The van der Waals surface area contributed by atoms with Gasteiger partial charge in [0.05, 0.1) is 6.04 Å². The lowest BCUT2D eigenvalue weighted by molar-refractivity contribution is -0.143. The number of rotatable bonds is 12. The number of nitrogens with zero attached hydrogens (tertiary/aromatic N) is 1. The highest BCUT2D eigenvalue weighted by atomic mass is 16.4. The van der Waals surface area contributed by atoms with Crippen LogP contribution < -0.4 is 16.4 Å². The zero-order valence-electron chi connectivity index (χ0n) is 24.3. The molecule has 1 aliphatic rings. The number of carboxylic acid groups (broad SMARTS) is 1. The van der Waals surface area contributed by atoms with E-state index in [2.05, 4.69) is 15.6 Å². The molecule has 0 unspecified atom stereocenters. The van der Waals surface area contributed by atoms with E-state index in [4.69, 9.17) is 5.73 Å². The molecule has 2 heterocycles. The lowest BCUT2D eigenvalue weighted by Gasteiger charge is -2.29. The quantitative estimate of drug-likeness (QED) is 0.169. The van der Waals surface area contributed by atoms with Gasteiger partial charge in [-0.15, -0.1) is 0 Å². The summed E-state index contributed by atoms with van der Waals surface area (Å²) < 4.78 is 0. The minimum Gasteiger partial charge on any atom is -0.480 e. The Bertz CT molecular complexity index is 1610. The molecule has 0 radical (unpaired) electrons. The molecule has 0 spiro atoms. The Labute approximate surface area is 255 Å². The van der Waals surface area contributed by atoms with E-state index in [9.17, 15) is 24.3 Å². The summed E-state index contributed by atoms with van der Waals surface area (Å²) in [4.78, 5) is 57.5. The maximum absolute atomic E-state index is 13.6. The predicted octanol–water partition coefficient (Wildman–Crippen LogP) is 2.57. The molecule has 44 heavy (non-hydrogen) atoms. The number of H-pyrrole nitrogens is 1. The summed E-state index contributed by atoms with van der Waals surface area (Å²) in [6.45, 7) is 0.390. The smallest absolute Gasteiger partial charge is 0.326 e. The molecule has 228 valence electrons. The fourth-order valence-electron chi connectivity index (χ4n) is 5.79. The van der Waals surface area contributed by atoms with Gasteiger partial charge in [0.15, 0.2) is 0 Å². The van der Waals surface area contributed by atoms with Gasteiger partial charge < -0.3 is 31.4 Å². The maximum atomic E-state index is 13.6. The number of carboxylic acids is 1. The number of benzene rings is 3. The maximum Gasteiger partial charge on any atom is 0.326 e. The molecule has 5 rings (SSSR count). The molecule has 1 fully saturated rings. The summed E-state index contributed by atoms with van der Waals surface area (Å²) in [5.41, 5.74) is 9.61. The second kappa shape index (κ2) is 14.0. The second-order valence-electron chi connectivity index (χ2n) is 11.2. The molecule has 6 N–H and O–H groups in total. The number of carbonyl (C=O) groups excluding carboxylic acids is 3. The van der Waals surface area contributed by atoms with Crippen molar-refractivity contribution >= 4 is 34.6 Å². The van der Waals surface area contributed by atoms with Crippen LogP contribution in [0.25, 0.3) is 10.9 Å². The average molecular weight is 596 g/mol. The number of aliphatic carboxylic acids is 1. The number of amides is 3. The monoisotopic (exact) mass is 595 g/mol. The molecule has 0 saturated carbocycles. The van der Waals surface area contributed by atoms with Crippen molar-refractivity contribution in [3.63, 3.8) is 0 Å². The van der Waals surface area contributed by atoms with Gasteiger partial charge in [0.2, 0.25) is 17.7 Å². The number of likely N-dealkylation sites (tertiary alicyclic amines) is 1. The number of fused-ring (bicyclic) bond motifs is 1. The van der Waals surface area contributed by atoms with Crippen molar-refractivity contribution in [2.75, 3.05) is 6.54 Å². The first-order valence-electron chi connectivity index (χ1n) is 14.8. The van der Waals surface area contributed by atoms with Gasteiger partial charge in [-0.05, 0) is 42.0 Å². The highest BCUT2D eigenvalue weighted by molar-refractivity contribution is 5.95. The molecule has 1 aromatic heterocycles. The summed E-state index contributed by atoms with van der Waals surface area (Å²) in [6.07, 6.45) is 3.35. The van der Waals surface area contributed by atoms with Crippen molar-refractivity contribution in [2.45, 2.75) is 56.3 Å². The molecule has 3 aromatic carbocycles. The summed E-state index contributed by atoms with van der Waals surface area (Å²) in [5, 5.41) is 16.4. The lowest BCUT2D eigenvalue weighted by Crippen LogP contribution is -2.57. The van der Waals surface area contributed by atoms with Crippen molar-refractivity contribution < 1.29 is 24.3 Å². The molecule has 4 aromatic rings. The van der Waals surface area contributed by atoms with E-state index in [1.54, 1.807) is 6.20 Å². The topological polar surface area (TPSA) is 158 Å². The zero-order valence-corrected chi connectivity index (χ0v) is 24.3. The first kappa shape index (κ1) is 30.5. The van der Waals surface area contributed by atoms with E-state index in [-0.39, 0.29) is 18.7 Å². The Balaban J connectivity index is 1.30. The van der Waals surface area contributed by atoms with E-state index >= 15 is 0 Å². The van der Waals surface area contributed by atoms with Crippen LogP contribution in [0.15, 0.2) is 91.1 Å². The third-order valence-corrected chi connectivity index (χ3v) is 8.08. The Morgan fingerprint density at radius 3 is 2.16 bits per heavy atom. The number of nitrogens with two attached hydrogens (primary N) is 1. The Hall–Kier alpha value is -4.96. The minimum atomic E-state index is -1.22. The van der Waals surface area contributed by atoms with Crippen molar-refractivity contribution in [1.82, 2.24) is 20.5 Å². The van der Waals surface area contributed by atoms with Gasteiger partial charge in [0, 0.05) is 36.5 Å². The van der Waals surface area contributed by atoms with E-state index in [1.807, 2.05) is 84.9 Å². The van der Waals surface area contributed by atoms with Gasteiger partial charge in [-0.3, -0.25) is 14.4 Å². The Morgan fingerprint density at radius 1 is 0.841 bits per heavy atom. The number of aromatic nitrogens is 1. The highest BCUT2D eigenvalue weighted by Crippen LogP contribution is 2.21.